The molecule has 1 aromatic carbocycles. The fourth-order valence-corrected chi connectivity index (χ4v) is 4.11. The van der Waals surface area contributed by atoms with Crippen molar-refractivity contribution in [1.82, 2.24) is 15.1 Å². The molecule has 7 nitrogen and oxygen atoms in total. The van der Waals surface area contributed by atoms with E-state index in [4.69, 9.17) is 9.47 Å². The number of hydrogen-bond donors (Lipinski definition) is 1. The first kappa shape index (κ1) is 22.9. The van der Waals surface area contributed by atoms with E-state index in [1.165, 1.54) is 12.1 Å². The molecule has 9 heteroatoms. The Morgan fingerprint density at radius 3 is 2.68 bits per heavy atom. The minimum absolute atomic E-state index is 0.102. The molecule has 31 heavy (non-hydrogen) atoms. The van der Waals surface area contributed by atoms with Crippen LogP contribution >= 0.6 is 0 Å². The van der Waals surface area contributed by atoms with Crippen LogP contribution in [-0.4, -0.2) is 53.3 Å². The standard InChI is InChI=1S/C22H27F2N3O4/c1-3-30-20(28)19-16(12-25-26-19)13-27-9-5-8-22(14-27,21(29)31-4-2)11-15-6-7-17(23)10-18(15)24/h6-7,10,12H,3-5,8-9,11,13-14H2,1-2H3,(H,25,26). The van der Waals surface area contributed by atoms with Crippen molar-refractivity contribution < 1.29 is 27.8 Å². The van der Waals surface area contributed by atoms with Gasteiger partial charge >= 0.3 is 11.9 Å². The van der Waals surface area contributed by atoms with Crippen LogP contribution in [0.15, 0.2) is 24.4 Å². The summed E-state index contributed by atoms with van der Waals surface area (Å²) in [6, 6.07) is 3.39. The molecular formula is C22H27F2N3O4. The number of hydrogen-bond acceptors (Lipinski definition) is 6. The van der Waals surface area contributed by atoms with Gasteiger partial charge in [0.05, 0.1) is 24.8 Å². The van der Waals surface area contributed by atoms with Crippen LogP contribution < -0.4 is 0 Å². The molecule has 0 bridgehead atoms. The molecule has 0 amide bonds. The maximum absolute atomic E-state index is 14.4. The molecule has 1 unspecified atom stereocenters. The smallest absolute Gasteiger partial charge is 0.356 e. The molecule has 3 rings (SSSR count). The van der Waals surface area contributed by atoms with Crippen molar-refractivity contribution in [2.24, 2.45) is 5.41 Å². The number of ether oxygens (including phenoxy) is 2. The van der Waals surface area contributed by atoms with Crippen LogP contribution in [0.1, 0.15) is 48.3 Å². The Bertz CT molecular complexity index is 933. The molecule has 1 aliphatic rings. The third-order valence-corrected chi connectivity index (χ3v) is 5.50. The van der Waals surface area contributed by atoms with Gasteiger partial charge in [0.15, 0.2) is 0 Å². The number of H-pyrrole nitrogens is 1. The second-order valence-electron chi connectivity index (χ2n) is 7.72. The molecule has 0 aliphatic carbocycles. The van der Waals surface area contributed by atoms with Crippen LogP contribution in [0.3, 0.4) is 0 Å². The number of aromatic amines is 1. The summed E-state index contributed by atoms with van der Waals surface area (Å²) in [5.74, 6) is -2.23. The van der Waals surface area contributed by atoms with Crippen LogP contribution in [0, 0.1) is 17.0 Å². The highest BCUT2D eigenvalue weighted by Crippen LogP contribution is 2.36. The Balaban J connectivity index is 1.83. The summed E-state index contributed by atoms with van der Waals surface area (Å²) in [7, 11) is 0. The van der Waals surface area contributed by atoms with Crippen LogP contribution in [-0.2, 0) is 27.2 Å². The number of aromatic nitrogens is 2. The van der Waals surface area contributed by atoms with E-state index in [1.54, 1.807) is 20.0 Å². The number of carbonyl (C=O) groups excluding carboxylic acids is 2. The molecule has 1 atom stereocenters. The highest BCUT2D eigenvalue weighted by atomic mass is 19.1. The molecule has 0 saturated carbocycles. The van der Waals surface area contributed by atoms with E-state index in [-0.39, 0.29) is 30.9 Å². The van der Waals surface area contributed by atoms with Gasteiger partial charge in [-0.3, -0.25) is 14.8 Å². The number of esters is 2. The van der Waals surface area contributed by atoms with E-state index in [2.05, 4.69) is 10.2 Å². The summed E-state index contributed by atoms with van der Waals surface area (Å²) in [6.45, 7) is 5.29. The average Bonchev–Trinajstić information content (AvgIpc) is 3.19. The largest absolute Gasteiger partial charge is 0.466 e. The average molecular weight is 435 g/mol. The molecule has 168 valence electrons. The number of nitrogens with one attached hydrogen (secondary N) is 1. The van der Waals surface area contributed by atoms with Crippen molar-refractivity contribution in [3.8, 4) is 0 Å². The molecule has 1 N–H and O–H groups in total. The van der Waals surface area contributed by atoms with Crippen LogP contribution in [0.25, 0.3) is 0 Å². The zero-order chi connectivity index (χ0) is 22.4. The molecular weight excluding hydrogens is 408 g/mol. The van der Waals surface area contributed by atoms with Crippen molar-refractivity contribution in [3.05, 3.63) is 52.9 Å². The SMILES string of the molecule is CCOC(=O)c1[nH]ncc1CN1CCCC(Cc2ccc(F)cc2F)(C(=O)OCC)C1. The molecule has 1 aliphatic heterocycles. The second-order valence-corrected chi connectivity index (χ2v) is 7.72. The lowest BCUT2D eigenvalue weighted by molar-refractivity contribution is -0.159. The van der Waals surface area contributed by atoms with Gasteiger partial charge in [-0.2, -0.15) is 5.10 Å². The number of halogens is 2. The van der Waals surface area contributed by atoms with Gasteiger partial charge in [0, 0.05) is 24.7 Å². The summed E-state index contributed by atoms with van der Waals surface area (Å²) in [4.78, 5) is 27.1. The lowest BCUT2D eigenvalue weighted by atomic mass is 9.74. The van der Waals surface area contributed by atoms with E-state index in [0.29, 0.717) is 38.0 Å². The molecule has 1 aromatic heterocycles. The van der Waals surface area contributed by atoms with Gasteiger partial charge in [0.1, 0.15) is 17.3 Å². The second kappa shape index (κ2) is 10.00. The monoisotopic (exact) mass is 435 g/mol. The van der Waals surface area contributed by atoms with Gasteiger partial charge in [-0.15, -0.1) is 0 Å². The lowest BCUT2D eigenvalue weighted by Crippen LogP contribution is -2.49. The van der Waals surface area contributed by atoms with E-state index in [1.807, 2.05) is 4.90 Å². The highest BCUT2D eigenvalue weighted by Gasteiger charge is 2.44. The molecule has 2 heterocycles. The van der Waals surface area contributed by atoms with Crippen LogP contribution in [0.2, 0.25) is 0 Å². The van der Waals surface area contributed by atoms with Gasteiger partial charge in [0.2, 0.25) is 0 Å². The number of rotatable bonds is 8. The summed E-state index contributed by atoms with van der Waals surface area (Å²) in [5.41, 5.74) is 0.234. The first-order valence-electron chi connectivity index (χ1n) is 10.4. The van der Waals surface area contributed by atoms with Crippen LogP contribution in [0.4, 0.5) is 8.78 Å². The van der Waals surface area contributed by atoms with E-state index >= 15 is 0 Å². The van der Waals surface area contributed by atoms with Crippen molar-refractivity contribution >= 4 is 11.9 Å². The van der Waals surface area contributed by atoms with Crippen LogP contribution in [0.5, 0.6) is 0 Å². The fourth-order valence-electron chi connectivity index (χ4n) is 4.11. The van der Waals surface area contributed by atoms with Gasteiger partial charge < -0.3 is 9.47 Å². The number of benzene rings is 1. The zero-order valence-electron chi connectivity index (χ0n) is 17.7. The Kier molecular flexibility index (Phi) is 7.37. The number of carbonyl (C=O) groups is 2. The molecule has 0 spiro atoms. The Morgan fingerprint density at radius 2 is 1.97 bits per heavy atom. The van der Waals surface area contributed by atoms with Crippen molar-refractivity contribution in [3.63, 3.8) is 0 Å². The Labute approximate surface area is 179 Å². The Hall–Kier alpha value is -2.81. The summed E-state index contributed by atoms with van der Waals surface area (Å²) < 4.78 is 38.1. The van der Waals surface area contributed by atoms with Gasteiger partial charge in [-0.05, 0) is 51.3 Å². The lowest BCUT2D eigenvalue weighted by Gasteiger charge is -2.41. The maximum Gasteiger partial charge on any atom is 0.356 e. The first-order chi connectivity index (χ1) is 14.9. The maximum atomic E-state index is 14.4. The molecule has 1 fully saturated rings. The van der Waals surface area contributed by atoms with E-state index < -0.39 is 29.0 Å². The van der Waals surface area contributed by atoms with Gasteiger partial charge in [0.25, 0.3) is 0 Å². The van der Waals surface area contributed by atoms with Gasteiger partial charge in [-0.1, -0.05) is 6.07 Å². The molecule has 1 saturated heterocycles. The quantitative estimate of drug-likeness (QED) is 0.641. The van der Waals surface area contributed by atoms with Gasteiger partial charge in [-0.25, -0.2) is 13.6 Å². The van der Waals surface area contributed by atoms with E-state index in [9.17, 15) is 18.4 Å². The number of nitrogens with zero attached hydrogens (tertiary/aromatic N) is 2. The van der Waals surface area contributed by atoms with Crippen molar-refractivity contribution in [1.29, 1.82) is 0 Å². The number of likely N-dealkylation sites (tertiary alicyclic amines) is 1. The highest BCUT2D eigenvalue weighted by molar-refractivity contribution is 5.88. The topological polar surface area (TPSA) is 84.5 Å². The Morgan fingerprint density at radius 1 is 1.19 bits per heavy atom. The number of piperidine rings is 1. The predicted octanol–water partition coefficient (Wildman–Crippen LogP) is 3.25. The molecule has 2 aromatic rings. The summed E-state index contributed by atoms with van der Waals surface area (Å²) in [6.07, 6.45) is 2.88. The third-order valence-electron chi connectivity index (χ3n) is 5.50. The summed E-state index contributed by atoms with van der Waals surface area (Å²) in [5, 5.41) is 6.62. The van der Waals surface area contributed by atoms with E-state index in [0.717, 1.165) is 6.07 Å². The minimum atomic E-state index is -0.971. The first-order valence-corrected chi connectivity index (χ1v) is 10.4. The predicted molar refractivity (Wildman–Crippen MR) is 108 cm³/mol. The fraction of sp³-hybridized carbons (Fsp3) is 0.500. The van der Waals surface area contributed by atoms with Crippen molar-refractivity contribution in [2.45, 2.75) is 39.7 Å². The van der Waals surface area contributed by atoms with Crippen molar-refractivity contribution in [2.75, 3.05) is 26.3 Å². The third kappa shape index (κ3) is 5.28. The zero-order valence-corrected chi connectivity index (χ0v) is 17.7. The normalized spacial score (nSPS) is 19.2. The molecule has 0 radical (unpaired) electrons. The minimum Gasteiger partial charge on any atom is -0.466 e. The summed E-state index contributed by atoms with van der Waals surface area (Å²) >= 11 is 0.